The van der Waals surface area contributed by atoms with Crippen molar-refractivity contribution in [3.8, 4) is 0 Å². The largest absolute Gasteiger partial charge is 0.379 e. The van der Waals surface area contributed by atoms with Crippen molar-refractivity contribution in [2.75, 3.05) is 6.54 Å². The zero-order chi connectivity index (χ0) is 14.0. The molecule has 0 radical (unpaired) electrons. The molecule has 0 rings (SSSR count). The second-order valence-electron chi connectivity index (χ2n) is 5.52. The molecule has 0 aliphatic carbocycles. The summed E-state index contributed by atoms with van der Waals surface area (Å²) >= 11 is 5.35. The Labute approximate surface area is 119 Å². The van der Waals surface area contributed by atoms with E-state index in [0.29, 0.717) is 11.8 Å². The predicted octanol–water partition coefficient (Wildman–Crippen LogP) is 4.89. The Hall–Kier alpha value is -0.630. The van der Waals surface area contributed by atoms with Gasteiger partial charge in [-0.3, -0.25) is 0 Å². The molecule has 0 saturated heterocycles. The number of thiocarbonyl (C=S) groups is 1. The lowest BCUT2D eigenvalue weighted by Crippen LogP contribution is -2.27. The topological polar surface area (TPSA) is 12.0 Å². The van der Waals surface area contributed by atoms with Crippen molar-refractivity contribution in [1.29, 1.82) is 0 Å². The van der Waals surface area contributed by atoms with E-state index in [4.69, 9.17) is 12.2 Å². The number of rotatable bonds is 8. The van der Waals surface area contributed by atoms with E-state index >= 15 is 0 Å². The molecule has 0 aliphatic rings. The molecule has 0 fully saturated rings. The first-order valence-corrected chi connectivity index (χ1v) is 7.42. The minimum Gasteiger partial charge on any atom is -0.379 e. The van der Waals surface area contributed by atoms with E-state index in [9.17, 15) is 0 Å². The summed E-state index contributed by atoms with van der Waals surface area (Å²) in [6.45, 7) is 11.9. The van der Waals surface area contributed by atoms with Gasteiger partial charge in [0.15, 0.2) is 0 Å². The smallest absolute Gasteiger partial charge is 0.0756 e. The normalized spacial score (nSPS) is 14.2. The molecule has 0 aromatic rings. The minimum atomic E-state index is 0.657. The summed E-state index contributed by atoms with van der Waals surface area (Å²) in [5, 5.41) is 3.34. The van der Waals surface area contributed by atoms with Crippen LogP contribution in [0.25, 0.3) is 0 Å². The first kappa shape index (κ1) is 17.4. The van der Waals surface area contributed by atoms with Gasteiger partial charge in [0, 0.05) is 13.0 Å². The molecule has 0 aromatic carbocycles. The van der Waals surface area contributed by atoms with Crippen LogP contribution in [0, 0.1) is 11.8 Å². The lowest BCUT2D eigenvalue weighted by molar-refractivity contribution is 0.549. The van der Waals surface area contributed by atoms with E-state index in [1.54, 1.807) is 0 Å². The van der Waals surface area contributed by atoms with Crippen LogP contribution in [-0.4, -0.2) is 11.5 Å². The molecule has 0 aliphatic heterocycles. The Kier molecular flexibility index (Phi) is 9.95. The average molecular weight is 267 g/mol. The van der Waals surface area contributed by atoms with E-state index in [-0.39, 0.29) is 0 Å². The van der Waals surface area contributed by atoms with Crippen molar-refractivity contribution >= 4 is 17.2 Å². The second kappa shape index (κ2) is 10.3. The molecular weight excluding hydrogens is 238 g/mol. The van der Waals surface area contributed by atoms with E-state index < -0.39 is 0 Å². The zero-order valence-electron chi connectivity index (χ0n) is 12.6. The van der Waals surface area contributed by atoms with Crippen LogP contribution in [0.4, 0.5) is 0 Å². The van der Waals surface area contributed by atoms with Crippen molar-refractivity contribution < 1.29 is 0 Å². The summed E-state index contributed by atoms with van der Waals surface area (Å²) in [5.41, 5.74) is 1.33. The Morgan fingerprint density at radius 3 is 2.50 bits per heavy atom. The van der Waals surface area contributed by atoms with Crippen LogP contribution in [0.3, 0.4) is 0 Å². The van der Waals surface area contributed by atoms with Crippen LogP contribution in [0.1, 0.15) is 53.9 Å². The fourth-order valence-corrected chi connectivity index (χ4v) is 1.92. The molecule has 1 unspecified atom stereocenters. The maximum absolute atomic E-state index is 5.35. The molecule has 0 bridgehead atoms. The van der Waals surface area contributed by atoms with Crippen molar-refractivity contribution in [3.05, 3.63) is 23.8 Å². The first-order valence-electron chi connectivity index (χ1n) is 7.01. The van der Waals surface area contributed by atoms with E-state index in [1.165, 1.54) is 12.0 Å². The molecule has 0 saturated carbocycles. The first-order chi connectivity index (χ1) is 8.45. The summed E-state index contributed by atoms with van der Waals surface area (Å²) in [4.78, 5) is 1.02. The molecule has 0 amide bonds. The van der Waals surface area contributed by atoms with E-state index in [2.05, 4.69) is 58.2 Å². The Morgan fingerprint density at radius 2 is 1.94 bits per heavy atom. The van der Waals surface area contributed by atoms with Gasteiger partial charge in [0.05, 0.1) is 4.99 Å². The zero-order valence-corrected chi connectivity index (χ0v) is 13.4. The van der Waals surface area contributed by atoms with Gasteiger partial charge in [0.2, 0.25) is 0 Å². The number of hydrogen-bond acceptors (Lipinski definition) is 1. The average Bonchev–Trinajstić information content (AvgIpc) is 2.31. The van der Waals surface area contributed by atoms with Crippen molar-refractivity contribution in [2.45, 2.75) is 53.9 Å². The SMILES string of the molecule is CC=C(C)/C=C\CCC(C)CC(=S)NCC(C)C. The van der Waals surface area contributed by atoms with Crippen LogP contribution in [0.15, 0.2) is 23.8 Å². The van der Waals surface area contributed by atoms with Crippen LogP contribution in [0.5, 0.6) is 0 Å². The summed E-state index contributed by atoms with van der Waals surface area (Å²) in [5.74, 6) is 1.32. The van der Waals surface area contributed by atoms with Gasteiger partial charge in [0.1, 0.15) is 0 Å². The Balaban J connectivity index is 3.74. The third-order valence-electron chi connectivity index (χ3n) is 2.90. The molecule has 104 valence electrons. The van der Waals surface area contributed by atoms with Crippen LogP contribution in [-0.2, 0) is 0 Å². The highest BCUT2D eigenvalue weighted by molar-refractivity contribution is 7.80. The van der Waals surface area contributed by atoms with Crippen molar-refractivity contribution in [1.82, 2.24) is 5.32 Å². The molecule has 2 heteroatoms. The second-order valence-corrected chi connectivity index (χ2v) is 6.01. The highest BCUT2D eigenvalue weighted by Crippen LogP contribution is 2.12. The van der Waals surface area contributed by atoms with Crippen LogP contribution < -0.4 is 5.32 Å². The summed E-state index contributed by atoms with van der Waals surface area (Å²) in [6.07, 6.45) is 9.94. The summed E-state index contributed by atoms with van der Waals surface area (Å²) in [6, 6.07) is 0. The maximum Gasteiger partial charge on any atom is 0.0756 e. The Morgan fingerprint density at radius 1 is 1.28 bits per heavy atom. The molecule has 1 atom stereocenters. The standard InChI is InChI=1S/C16H29NS/c1-6-14(4)9-7-8-10-15(5)11-16(18)17-12-13(2)3/h6-7,9,13,15H,8,10-12H2,1-5H3,(H,17,18)/b9-7-,14-6?. The highest BCUT2D eigenvalue weighted by Gasteiger charge is 2.05. The highest BCUT2D eigenvalue weighted by atomic mass is 32.1. The molecule has 1 N–H and O–H groups in total. The molecular formula is C16H29NS. The molecule has 0 spiro atoms. The third-order valence-corrected chi connectivity index (χ3v) is 3.21. The number of nitrogens with one attached hydrogen (secondary N) is 1. The van der Waals surface area contributed by atoms with Gasteiger partial charge in [-0.2, -0.15) is 0 Å². The van der Waals surface area contributed by atoms with E-state index in [0.717, 1.165) is 24.4 Å². The van der Waals surface area contributed by atoms with Gasteiger partial charge in [-0.1, -0.05) is 56.8 Å². The van der Waals surface area contributed by atoms with Gasteiger partial charge < -0.3 is 5.32 Å². The quantitative estimate of drug-likeness (QED) is 0.496. The van der Waals surface area contributed by atoms with Crippen LogP contribution in [0.2, 0.25) is 0 Å². The van der Waals surface area contributed by atoms with Gasteiger partial charge >= 0.3 is 0 Å². The van der Waals surface area contributed by atoms with Gasteiger partial charge in [-0.05, 0) is 38.5 Å². The number of hydrogen-bond donors (Lipinski definition) is 1. The molecule has 0 aromatic heterocycles. The fraction of sp³-hybridized carbons (Fsp3) is 0.688. The van der Waals surface area contributed by atoms with Gasteiger partial charge in [-0.15, -0.1) is 0 Å². The third kappa shape index (κ3) is 10.5. The summed E-state index contributed by atoms with van der Waals surface area (Å²) < 4.78 is 0. The van der Waals surface area contributed by atoms with Crippen molar-refractivity contribution in [2.24, 2.45) is 11.8 Å². The lowest BCUT2D eigenvalue weighted by Gasteiger charge is -2.14. The van der Waals surface area contributed by atoms with Crippen molar-refractivity contribution in [3.63, 3.8) is 0 Å². The summed E-state index contributed by atoms with van der Waals surface area (Å²) in [7, 11) is 0. The molecule has 18 heavy (non-hydrogen) atoms. The maximum atomic E-state index is 5.35. The van der Waals surface area contributed by atoms with Gasteiger partial charge in [-0.25, -0.2) is 0 Å². The molecule has 1 nitrogen and oxygen atoms in total. The number of allylic oxidation sites excluding steroid dienone is 4. The fourth-order valence-electron chi connectivity index (χ4n) is 1.55. The van der Waals surface area contributed by atoms with Gasteiger partial charge in [0.25, 0.3) is 0 Å². The molecule has 0 heterocycles. The monoisotopic (exact) mass is 267 g/mol. The Bertz CT molecular complexity index is 289. The van der Waals surface area contributed by atoms with E-state index in [1.807, 2.05) is 0 Å². The minimum absolute atomic E-state index is 0.657. The van der Waals surface area contributed by atoms with Crippen LogP contribution >= 0.6 is 12.2 Å². The lowest BCUT2D eigenvalue weighted by atomic mass is 10.0. The predicted molar refractivity (Wildman–Crippen MR) is 87.0 cm³/mol.